The molecule has 3 N–H and O–H groups in total. The summed E-state index contributed by atoms with van der Waals surface area (Å²) >= 11 is 0. The highest BCUT2D eigenvalue weighted by Gasteiger charge is 2.08. The van der Waals surface area contributed by atoms with Crippen LogP contribution in [0.3, 0.4) is 0 Å². The van der Waals surface area contributed by atoms with Crippen molar-refractivity contribution >= 4 is 22.5 Å². The van der Waals surface area contributed by atoms with E-state index < -0.39 is 6.03 Å². The van der Waals surface area contributed by atoms with Crippen LogP contribution in [0.5, 0.6) is 0 Å². The molecule has 0 radical (unpaired) electrons. The van der Waals surface area contributed by atoms with Gasteiger partial charge in [-0.25, -0.2) is 4.79 Å². The fourth-order valence-corrected chi connectivity index (χ4v) is 2.42. The van der Waals surface area contributed by atoms with Crippen molar-refractivity contribution in [3.8, 4) is 11.1 Å². The summed E-state index contributed by atoms with van der Waals surface area (Å²) < 4.78 is 0. The summed E-state index contributed by atoms with van der Waals surface area (Å²) in [5.74, 6) is 0. The molecule has 0 aromatic heterocycles. The second kappa shape index (κ2) is 5.05. The number of rotatable bonds is 2. The molecule has 0 aliphatic heterocycles. The fraction of sp³-hybridized carbons (Fsp3) is 0. The Kier molecular flexibility index (Phi) is 3.09. The molecule has 0 bridgehead atoms. The van der Waals surface area contributed by atoms with Crippen LogP contribution < -0.4 is 11.1 Å². The van der Waals surface area contributed by atoms with Crippen molar-refractivity contribution in [3.05, 3.63) is 66.7 Å². The molecule has 0 saturated heterocycles. The molecule has 0 fully saturated rings. The van der Waals surface area contributed by atoms with Gasteiger partial charge in [0.15, 0.2) is 0 Å². The molecule has 0 saturated carbocycles. The normalized spacial score (nSPS) is 10.4. The van der Waals surface area contributed by atoms with Crippen molar-refractivity contribution in [3.63, 3.8) is 0 Å². The first kappa shape index (κ1) is 12.2. The molecule has 0 heterocycles. The van der Waals surface area contributed by atoms with E-state index in [0.29, 0.717) is 0 Å². The second-order valence-electron chi connectivity index (χ2n) is 4.56. The maximum Gasteiger partial charge on any atom is 0.316 e. The molecule has 3 aromatic rings. The van der Waals surface area contributed by atoms with Gasteiger partial charge in [0.25, 0.3) is 0 Å². The van der Waals surface area contributed by atoms with E-state index >= 15 is 0 Å². The van der Waals surface area contributed by atoms with E-state index in [1.54, 1.807) is 0 Å². The van der Waals surface area contributed by atoms with Crippen LogP contribution in [0.1, 0.15) is 0 Å². The van der Waals surface area contributed by atoms with E-state index in [-0.39, 0.29) is 0 Å². The number of fused-ring (bicyclic) bond motifs is 1. The molecular formula is C17H14N2O. The number of primary amides is 1. The smallest absolute Gasteiger partial charge is 0.316 e. The zero-order valence-electron chi connectivity index (χ0n) is 10.8. The molecule has 0 unspecified atom stereocenters. The van der Waals surface area contributed by atoms with Crippen LogP contribution in [0, 0.1) is 0 Å². The lowest BCUT2D eigenvalue weighted by Gasteiger charge is -2.12. The Morgan fingerprint density at radius 3 is 2.30 bits per heavy atom. The van der Waals surface area contributed by atoms with Gasteiger partial charge >= 0.3 is 6.03 Å². The lowest BCUT2D eigenvalue weighted by molar-refractivity contribution is 0.259. The number of hydrogen-bond acceptors (Lipinski definition) is 1. The molecule has 0 atom stereocenters. The van der Waals surface area contributed by atoms with E-state index in [9.17, 15) is 4.79 Å². The number of urea groups is 1. The SMILES string of the molecule is NC(=O)Nc1ccccc1-c1cccc2ccccc12. The number of benzene rings is 3. The Bertz CT molecular complexity index is 775. The van der Waals surface area contributed by atoms with E-state index in [1.165, 1.54) is 5.39 Å². The number of carbonyl (C=O) groups is 1. The Morgan fingerprint density at radius 1 is 0.800 bits per heavy atom. The quantitative estimate of drug-likeness (QED) is 0.720. The molecule has 98 valence electrons. The third kappa shape index (κ3) is 2.21. The summed E-state index contributed by atoms with van der Waals surface area (Å²) in [7, 11) is 0. The first-order valence-corrected chi connectivity index (χ1v) is 6.39. The molecule has 3 nitrogen and oxygen atoms in total. The maximum absolute atomic E-state index is 11.1. The van der Waals surface area contributed by atoms with Gasteiger partial charge in [-0.05, 0) is 22.4 Å². The minimum atomic E-state index is -0.558. The predicted octanol–water partition coefficient (Wildman–Crippen LogP) is 4.00. The van der Waals surface area contributed by atoms with Gasteiger partial charge in [0, 0.05) is 5.56 Å². The molecule has 3 heteroatoms. The molecular weight excluding hydrogens is 248 g/mol. The molecule has 3 aromatic carbocycles. The Morgan fingerprint density at radius 2 is 1.45 bits per heavy atom. The largest absolute Gasteiger partial charge is 0.351 e. The van der Waals surface area contributed by atoms with Crippen LogP contribution in [0.2, 0.25) is 0 Å². The van der Waals surface area contributed by atoms with Gasteiger partial charge in [0.2, 0.25) is 0 Å². The summed E-state index contributed by atoms with van der Waals surface area (Å²) in [6, 6.07) is 21.4. The predicted molar refractivity (Wildman–Crippen MR) is 82.6 cm³/mol. The number of para-hydroxylation sites is 1. The molecule has 0 spiro atoms. The van der Waals surface area contributed by atoms with Gasteiger partial charge in [-0.2, -0.15) is 0 Å². The maximum atomic E-state index is 11.1. The molecule has 20 heavy (non-hydrogen) atoms. The number of nitrogens with one attached hydrogen (secondary N) is 1. The summed E-state index contributed by atoms with van der Waals surface area (Å²) in [5, 5.41) is 4.99. The number of anilines is 1. The number of hydrogen-bond donors (Lipinski definition) is 2. The van der Waals surface area contributed by atoms with Crippen molar-refractivity contribution in [1.29, 1.82) is 0 Å². The van der Waals surface area contributed by atoms with Crippen molar-refractivity contribution in [1.82, 2.24) is 0 Å². The third-order valence-corrected chi connectivity index (χ3v) is 3.26. The fourth-order valence-electron chi connectivity index (χ4n) is 2.42. The van der Waals surface area contributed by atoms with Gasteiger partial charge < -0.3 is 11.1 Å². The first-order chi connectivity index (χ1) is 9.75. The van der Waals surface area contributed by atoms with Gasteiger partial charge in [-0.1, -0.05) is 60.7 Å². The van der Waals surface area contributed by atoms with E-state index in [0.717, 1.165) is 22.2 Å². The summed E-state index contributed by atoms with van der Waals surface area (Å²) in [4.78, 5) is 11.1. The zero-order chi connectivity index (χ0) is 13.9. The Hall–Kier alpha value is -2.81. The van der Waals surface area contributed by atoms with E-state index in [1.807, 2.05) is 48.5 Å². The van der Waals surface area contributed by atoms with Gasteiger partial charge in [0.05, 0.1) is 5.69 Å². The van der Waals surface area contributed by atoms with Gasteiger partial charge in [-0.15, -0.1) is 0 Å². The third-order valence-electron chi connectivity index (χ3n) is 3.26. The lowest BCUT2D eigenvalue weighted by Crippen LogP contribution is -2.19. The van der Waals surface area contributed by atoms with Crippen molar-refractivity contribution in [2.75, 3.05) is 5.32 Å². The highest BCUT2D eigenvalue weighted by atomic mass is 16.2. The second-order valence-corrected chi connectivity index (χ2v) is 4.56. The number of carbonyl (C=O) groups excluding carboxylic acids is 1. The monoisotopic (exact) mass is 262 g/mol. The van der Waals surface area contributed by atoms with Crippen LogP contribution in [0.15, 0.2) is 66.7 Å². The average molecular weight is 262 g/mol. The van der Waals surface area contributed by atoms with E-state index in [2.05, 4.69) is 23.5 Å². The first-order valence-electron chi connectivity index (χ1n) is 6.39. The minimum Gasteiger partial charge on any atom is -0.351 e. The van der Waals surface area contributed by atoms with Gasteiger partial charge in [0.1, 0.15) is 0 Å². The highest BCUT2D eigenvalue weighted by molar-refractivity contribution is 6.02. The number of amides is 2. The summed E-state index contributed by atoms with van der Waals surface area (Å²) in [6.45, 7) is 0. The minimum absolute atomic E-state index is 0.558. The summed E-state index contributed by atoms with van der Waals surface area (Å²) in [5.41, 5.74) is 7.99. The molecule has 3 rings (SSSR count). The zero-order valence-corrected chi connectivity index (χ0v) is 10.8. The van der Waals surface area contributed by atoms with Crippen LogP contribution in [-0.2, 0) is 0 Å². The van der Waals surface area contributed by atoms with Crippen molar-refractivity contribution < 1.29 is 4.79 Å². The molecule has 0 aliphatic carbocycles. The Labute approximate surface area is 117 Å². The lowest BCUT2D eigenvalue weighted by atomic mass is 9.97. The highest BCUT2D eigenvalue weighted by Crippen LogP contribution is 2.33. The topological polar surface area (TPSA) is 55.1 Å². The van der Waals surface area contributed by atoms with Crippen molar-refractivity contribution in [2.24, 2.45) is 5.73 Å². The molecule has 0 aliphatic rings. The van der Waals surface area contributed by atoms with Crippen LogP contribution in [-0.4, -0.2) is 6.03 Å². The standard InChI is InChI=1S/C17H14N2O/c18-17(20)19-16-11-4-3-9-15(16)14-10-5-7-12-6-1-2-8-13(12)14/h1-11H,(H3,18,19,20). The molecule has 2 amide bonds. The summed E-state index contributed by atoms with van der Waals surface area (Å²) in [6.07, 6.45) is 0. The average Bonchev–Trinajstić information content (AvgIpc) is 2.47. The van der Waals surface area contributed by atoms with E-state index in [4.69, 9.17) is 5.73 Å². The van der Waals surface area contributed by atoms with Gasteiger partial charge in [-0.3, -0.25) is 0 Å². The number of nitrogens with two attached hydrogens (primary N) is 1. The van der Waals surface area contributed by atoms with Crippen LogP contribution in [0.4, 0.5) is 10.5 Å². The van der Waals surface area contributed by atoms with Crippen LogP contribution >= 0.6 is 0 Å². The Balaban J connectivity index is 2.23. The van der Waals surface area contributed by atoms with Crippen LogP contribution in [0.25, 0.3) is 21.9 Å². The van der Waals surface area contributed by atoms with Crippen molar-refractivity contribution in [2.45, 2.75) is 0 Å².